The van der Waals surface area contributed by atoms with E-state index in [9.17, 15) is 0 Å². The summed E-state index contributed by atoms with van der Waals surface area (Å²) in [5.74, 6) is 6.49. The van der Waals surface area contributed by atoms with Gasteiger partial charge in [0.25, 0.3) is 0 Å². The summed E-state index contributed by atoms with van der Waals surface area (Å²) in [6.07, 6.45) is 1.49. The van der Waals surface area contributed by atoms with Crippen molar-refractivity contribution < 1.29 is 4.74 Å². The first-order valence-corrected chi connectivity index (χ1v) is 7.41. The molecule has 0 amide bonds. The van der Waals surface area contributed by atoms with Gasteiger partial charge in [-0.3, -0.25) is 11.3 Å². The van der Waals surface area contributed by atoms with Gasteiger partial charge in [-0.2, -0.15) is 0 Å². The standard InChI is InChI=1S/C16H18Cl2N2O/c1-21-16-6-5-14(18)9-12(16)10-15(20-19)8-11-3-2-4-13(17)7-11/h2-7,9,15,20H,8,10,19H2,1H3. The van der Waals surface area contributed by atoms with Crippen molar-refractivity contribution in [2.75, 3.05) is 7.11 Å². The highest BCUT2D eigenvalue weighted by Crippen LogP contribution is 2.24. The number of benzene rings is 2. The summed E-state index contributed by atoms with van der Waals surface area (Å²) in [5.41, 5.74) is 5.00. The molecule has 0 heterocycles. The smallest absolute Gasteiger partial charge is 0.122 e. The van der Waals surface area contributed by atoms with Gasteiger partial charge in [0, 0.05) is 16.1 Å². The molecule has 2 aromatic rings. The molecule has 1 unspecified atom stereocenters. The average molecular weight is 325 g/mol. The Hall–Kier alpha value is -1.26. The molecule has 112 valence electrons. The fourth-order valence-corrected chi connectivity index (χ4v) is 2.72. The van der Waals surface area contributed by atoms with Crippen molar-refractivity contribution in [2.24, 2.45) is 5.84 Å². The van der Waals surface area contributed by atoms with Crippen LogP contribution in [0, 0.1) is 0 Å². The molecule has 0 radical (unpaired) electrons. The predicted octanol–water partition coefficient (Wildman–Crippen LogP) is 3.62. The Morgan fingerprint density at radius 3 is 2.52 bits per heavy atom. The Balaban J connectivity index is 2.14. The molecule has 0 saturated carbocycles. The van der Waals surface area contributed by atoms with E-state index in [-0.39, 0.29) is 6.04 Å². The molecule has 1 atom stereocenters. The van der Waals surface area contributed by atoms with Gasteiger partial charge in [0.15, 0.2) is 0 Å². The van der Waals surface area contributed by atoms with Crippen LogP contribution in [0.5, 0.6) is 5.75 Å². The van der Waals surface area contributed by atoms with Gasteiger partial charge in [-0.1, -0.05) is 35.3 Å². The van der Waals surface area contributed by atoms with Crippen LogP contribution in [0.3, 0.4) is 0 Å². The molecule has 21 heavy (non-hydrogen) atoms. The Morgan fingerprint density at radius 1 is 1.10 bits per heavy atom. The van der Waals surface area contributed by atoms with Crippen molar-refractivity contribution in [1.82, 2.24) is 5.43 Å². The third kappa shape index (κ3) is 4.61. The summed E-state index contributed by atoms with van der Waals surface area (Å²) < 4.78 is 5.37. The third-order valence-electron chi connectivity index (χ3n) is 3.32. The molecule has 0 aliphatic heterocycles. The number of nitrogens with two attached hydrogens (primary N) is 1. The van der Waals surface area contributed by atoms with E-state index in [2.05, 4.69) is 5.43 Å². The van der Waals surface area contributed by atoms with E-state index in [4.69, 9.17) is 33.8 Å². The Labute approximate surface area is 135 Å². The molecule has 0 aromatic heterocycles. The molecule has 3 N–H and O–H groups in total. The van der Waals surface area contributed by atoms with E-state index >= 15 is 0 Å². The lowest BCUT2D eigenvalue weighted by Crippen LogP contribution is -2.38. The Kier molecular flexibility index (Phi) is 5.88. The van der Waals surface area contributed by atoms with E-state index in [1.54, 1.807) is 7.11 Å². The average Bonchev–Trinajstić information content (AvgIpc) is 2.47. The Bertz CT molecular complexity index is 605. The van der Waals surface area contributed by atoms with Crippen molar-refractivity contribution in [3.8, 4) is 5.75 Å². The quantitative estimate of drug-likeness (QED) is 0.630. The second-order valence-corrected chi connectivity index (χ2v) is 5.73. The van der Waals surface area contributed by atoms with Gasteiger partial charge in [0.05, 0.1) is 7.11 Å². The summed E-state index contributed by atoms with van der Waals surface area (Å²) in [6, 6.07) is 13.4. The fourth-order valence-electron chi connectivity index (χ4n) is 2.31. The van der Waals surface area contributed by atoms with Gasteiger partial charge in [0.2, 0.25) is 0 Å². The van der Waals surface area contributed by atoms with Gasteiger partial charge >= 0.3 is 0 Å². The van der Waals surface area contributed by atoms with Crippen LogP contribution in [0.25, 0.3) is 0 Å². The molecule has 0 aliphatic rings. The van der Waals surface area contributed by atoms with E-state index < -0.39 is 0 Å². The summed E-state index contributed by atoms with van der Waals surface area (Å²) in [7, 11) is 1.65. The topological polar surface area (TPSA) is 47.3 Å². The number of rotatable bonds is 6. The number of hydrazine groups is 1. The zero-order valence-corrected chi connectivity index (χ0v) is 13.3. The second-order valence-electron chi connectivity index (χ2n) is 4.86. The molecule has 0 fully saturated rings. The maximum atomic E-state index is 6.06. The lowest BCUT2D eigenvalue weighted by molar-refractivity contribution is 0.404. The van der Waals surface area contributed by atoms with E-state index in [0.29, 0.717) is 11.4 Å². The zero-order valence-electron chi connectivity index (χ0n) is 11.8. The highest BCUT2D eigenvalue weighted by Gasteiger charge is 2.13. The van der Waals surface area contributed by atoms with Crippen molar-refractivity contribution >= 4 is 23.2 Å². The van der Waals surface area contributed by atoms with Crippen molar-refractivity contribution in [3.05, 3.63) is 63.6 Å². The Morgan fingerprint density at radius 2 is 1.86 bits per heavy atom. The summed E-state index contributed by atoms with van der Waals surface area (Å²) in [4.78, 5) is 0. The van der Waals surface area contributed by atoms with Crippen molar-refractivity contribution in [3.63, 3.8) is 0 Å². The van der Waals surface area contributed by atoms with Crippen LogP contribution in [-0.4, -0.2) is 13.2 Å². The SMILES string of the molecule is COc1ccc(Cl)cc1CC(Cc1cccc(Cl)c1)NN. The van der Waals surface area contributed by atoms with E-state index in [1.165, 1.54) is 0 Å². The highest BCUT2D eigenvalue weighted by molar-refractivity contribution is 6.30. The van der Waals surface area contributed by atoms with Crippen molar-refractivity contribution in [2.45, 2.75) is 18.9 Å². The lowest BCUT2D eigenvalue weighted by Gasteiger charge is -2.18. The van der Waals surface area contributed by atoms with Crippen LogP contribution in [-0.2, 0) is 12.8 Å². The first-order valence-electron chi connectivity index (χ1n) is 6.65. The van der Waals surface area contributed by atoms with Crippen LogP contribution in [0.1, 0.15) is 11.1 Å². The molecular formula is C16H18Cl2N2O. The second kappa shape index (κ2) is 7.66. The molecule has 0 saturated heterocycles. The maximum absolute atomic E-state index is 6.06. The zero-order chi connectivity index (χ0) is 15.2. The first-order chi connectivity index (χ1) is 10.1. The van der Waals surface area contributed by atoms with Crippen LogP contribution in [0.15, 0.2) is 42.5 Å². The normalized spacial score (nSPS) is 12.2. The monoisotopic (exact) mass is 324 g/mol. The molecule has 2 aromatic carbocycles. The van der Waals surface area contributed by atoms with Crippen molar-refractivity contribution in [1.29, 1.82) is 0 Å². The van der Waals surface area contributed by atoms with Crippen LogP contribution >= 0.6 is 23.2 Å². The minimum absolute atomic E-state index is 0.0656. The van der Waals surface area contributed by atoms with Gasteiger partial charge in [-0.05, 0) is 54.3 Å². The van der Waals surface area contributed by atoms with Gasteiger partial charge in [-0.25, -0.2) is 0 Å². The number of ether oxygens (including phenoxy) is 1. The minimum Gasteiger partial charge on any atom is -0.496 e. The largest absolute Gasteiger partial charge is 0.496 e. The highest BCUT2D eigenvalue weighted by atomic mass is 35.5. The number of hydrogen-bond acceptors (Lipinski definition) is 3. The van der Waals surface area contributed by atoms with Crippen LogP contribution in [0.4, 0.5) is 0 Å². The third-order valence-corrected chi connectivity index (χ3v) is 3.79. The number of methoxy groups -OCH3 is 1. The van der Waals surface area contributed by atoms with Gasteiger partial charge in [0.1, 0.15) is 5.75 Å². The number of halogens is 2. The molecule has 0 bridgehead atoms. The molecule has 3 nitrogen and oxygen atoms in total. The minimum atomic E-state index is 0.0656. The maximum Gasteiger partial charge on any atom is 0.122 e. The van der Waals surface area contributed by atoms with Gasteiger partial charge in [-0.15, -0.1) is 0 Å². The summed E-state index contributed by atoms with van der Waals surface area (Å²) in [5, 5.41) is 1.41. The fraction of sp³-hybridized carbons (Fsp3) is 0.250. The molecule has 0 aliphatic carbocycles. The summed E-state index contributed by atoms with van der Waals surface area (Å²) >= 11 is 12.1. The molecule has 5 heteroatoms. The molecular weight excluding hydrogens is 307 g/mol. The predicted molar refractivity (Wildman–Crippen MR) is 88.0 cm³/mol. The lowest BCUT2D eigenvalue weighted by atomic mass is 9.99. The molecule has 2 rings (SSSR count). The summed E-state index contributed by atoms with van der Waals surface area (Å²) in [6.45, 7) is 0. The molecule has 0 spiro atoms. The van der Waals surface area contributed by atoms with E-state index in [0.717, 1.165) is 28.3 Å². The number of nitrogens with one attached hydrogen (secondary N) is 1. The van der Waals surface area contributed by atoms with Crippen LogP contribution < -0.4 is 16.0 Å². The van der Waals surface area contributed by atoms with E-state index in [1.807, 2.05) is 42.5 Å². The van der Waals surface area contributed by atoms with Gasteiger partial charge < -0.3 is 4.74 Å². The first kappa shape index (κ1) is 16.1. The number of hydrogen-bond donors (Lipinski definition) is 2. The van der Waals surface area contributed by atoms with Crippen LogP contribution in [0.2, 0.25) is 10.0 Å².